The molecule has 1 amide bonds. The van der Waals surface area contributed by atoms with Crippen LogP contribution in [0.4, 0.5) is 0 Å². The van der Waals surface area contributed by atoms with E-state index in [1.54, 1.807) is 0 Å². The van der Waals surface area contributed by atoms with Gasteiger partial charge in [0.2, 0.25) is 5.91 Å². The van der Waals surface area contributed by atoms with Crippen LogP contribution in [0.1, 0.15) is 62.5 Å². The van der Waals surface area contributed by atoms with Crippen molar-refractivity contribution in [1.82, 2.24) is 9.80 Å². The molecule has 2 heterocycles. The van der Waals surface area contributed by atoms with E-state index in [1.807, 2.05) is 0 Å². The summed E-state index contributed by atoms with van der Waals surface area (Å²) in [6.07, 6.45) is 8.46. The van der Waals surface area contributed by atoms with Gasteiger partial charge in [0.05, 0.1) is 5.92 Å². The van der Waals surface area contributed by atoms with Gasteiger partial charge in [0.25, 0.3) is 0 Å². The third-order valence-electron chi connectivity index (χ3n) is 6.89. The highest BCUT2D eigenvalue weighted by molar-refractivity contribution is 5.84. The minimum Gasteiger partial charge on any atom is -0.342 e. The van der Waals surface area contributed by atoms with Crippen LogP contribution in [0.5, 0.6) is 0 Å². The molecule has 26 heavy (non-hydrogen) atoms. The molecule has 2 saturated heterocycles. The number of rotatable bonds is 3. The molecule has 0 radical (unpaired) electrons. The first kappa shape index (κ1) is 18.0. The molecule has 2 atom stereocenters. The molecular formula is C23H34N2O. The molecule has 0 N–H and O–H groups in total. The molecule has 1 aromatic rings. The van der Waals surface area contributed by atoms with Gasteiger partial charge in [-0.15, -0.1) is 0 Å². The SMILES string of the molecule is CC1CCN(C[C@@H]2CCCN(C(=O)[C@H]3CCCc4ccccc43)C2)CC1. The number of amides is 1. The Balaban J connectivity index is 1.38. The van der Waals surface area contributed by atoms with Crippen molar-refractivity contribution in [1.29, 1.82) is 0 Å². The van der Waals surface area contributed by atoms with Crippen LogP contribution in [-0.4, -0.2) is 48.4 Å². The lowest BCUT2D eigenvalue weighted by Crippen LogP contribution is -2.46. The zero-order chi connectivity index (χ0) is 17.9. The molecule has 3 aliphatic rings. The number of hydrogen-bond donors (Lipinski definition) is 0. The first-order chi connectivity index (χ1) is 12.7. The van der Waals surface area contributed by atoms with Gasteiger partial charge in [0.15, 0.2) is 0 Å². The topological polar surface area (TPSA) is 23.6 Å². The number of hydrogen-bond acceptors (Lipinski definition) is 2. The molecule has 0 aromatic heterocycles. The monoisotopic (exact) mass is 354 g/mol. The fraction of sp³-hybridized carbons (Fsp3) is 0.696. The first-order valence-electron chi connectivity index (χ1n) is 10.8. The Morgan fingerprint density at radius 2 is 1.85 bits per heavy atom. The number of benzene rings is 1. The normalized spacial score (nSPS) is 28.0. The average molecular weight is 355 g/mol. The van der Waals surface area contributed by atoms with Crippen LogP contribution < -0.4 is 0 Å². The Kier molecular flexibility index (Phi) is 5.63. The van der Waals surface area contributed by atoms with Crippen LogP contribution in [-0.2, 0) is 11.2 Å². The molecule has 142 valence electrons. The zero-order valence-electron chi connectivity index (χ0n) is 16.3. The number of fused-ring (bicyclic) bond motifs is 1. The highest BCUT2D eigenvalue weighted by Crippen LogP contribution is 2.34. The van der Waals surface area contributed by atoms with Crippen LogP contribution in [0.3, 0.4) is 0 Å². The van der Waals surface area contributed by atoms with Crippen LogP contribution in [0.2, 0.25) is 0 Å². The lowest BCUT2D eigenvalue weighted by atomic mass is 9.81. The summed E-state index contributed by atoms with van der Waals surface area (Å²) in [5.74, 6) is 2.06. The smallest absolute Gasteiger partial charge is 0.230 e. The van der Waals surface area contributed by atoms with Gasteiger partial charge in [0.1, 0.15) is 0 Å². The Morgan fingerprint density at radius 1 is 1.04 bits per heavy atom. The Hall–Kier alpha value is -1.35. The van der Waals surface area contributed by atoms with E-state index in [9.17, 15) is 4.79 Å². The van der Waals surface area contributed by atoms with Crippen molar-refractivity contribution in [3.05, 3.63) is 35.4 Å². The molecule has 0 spiro atoms. The van der Waals surface area contributed by atoms with E-state index < -0.39 is 0 Å². The van der Waals surface area contributed by atoms with Crippen molar-refractivity contribution in [2.75, 3.05) is 32.7 Å². The molecule has 1 aliphatic carbocycles. The summed E-state index contributed by atoms with van der Waals surface area (Å²) in [6.45, 7) is 8.01. The molecule has 1 aromatic carbocycles. The van der Waals surface area contributed by atoms with E-state index in [-0.39, 0.29) is 5.92 Å². The highest BCUT2D eigenvalue weighted by atomic mass is 16.2. The quantitative estimate of drug-likeness (QED) is 0.817. The summed E-state index contributed by atoms with van der Waals surface area (Å²) in [7, 11) is 0. The standard InChI is InChI=1S/C23H34N2O/c1-18-11-14-24(15-12-18)16-19-6-5-13-25(17-19)23(26)22-10-4-8-20-7-2-3-9-21(20)22/h2-3,7,9,18-19,22H,4-6,8,10-17H2,1H3/t19-,22-/m0/s1. The predicted molar refractivity (Wildman–Crippen MR) is 106 cm³/mol. The minimum absolute atomic E-state index is 0.106. The van der Waals surface area contributed by atoms with Crippen molar-refractivity contribution in [2.24, 2.45) is 11.8 Å². The predicted octanol–water partition coefficient (Wildman–Crippen LogP) is 4.08. The van der Waals surface area contributed by atoms with E-state index >= 15 is 0 Å². The largest absolute Gasteiger partial charge is 0.342 e. The van der Waals surface area contributed by atoms with Crippen molar-refractivity contribution in [2.45, 2.75) is 57.8 Å². The second kappa shape index (κ2) is 8.12. The number of aryl methyl sites for hydroxylation is 1. The zero-order valence-corrected chi connectivity index (χ0v) is 16.3. The van der Waals surface area contributed by atoms with Crippen molar-refractivity contribution in [3.8, 4) is 0 Å². The number of carbonyl (C=O) groups is 1. The molecule has 2 aliphatic heterocycles. The molecule has 3 nitrogen and oxygen atoms in total. The summed E-state index contributed by atoms with van der Waals surface area (Å²) >= 11 is 0. The molecule has 0 bridgehead atoms. The maximum Gasteiger partial charge on any atom is 0.230 e. The minimum atomic E-state index is 0.106. The summed E-state index contributed by atoms with van der Waals surface area (Å²) in [5, 5.41) is 0. The third-order valence-corrected chi connectivity index (χ3v) is 6.89. The maximum atomic E-state index is 13.3. The molecule has 3 heteroatoms. The lowest BCUT2D eigenvalue weighted by molar-refractivity contribution is -0.135. The lowest BCUT2D eigenvalue weighted by Gasteiger charge is -2.39. The summed E-state index contributed by atoms with van der Waals surface area (Å²) in [4.78, 5) is 18.2. The van der Waals surface area contributed by atoms with Gasteiger partial charge >= 0.3 is 0 Å². The van der Waals surface area contributed by atoms with Crippen LogP contribution >= 0.6 is 0 Å². The Labute approximate surface area is 158 Å². The number of nitrogens with zero attached hydrogens (tertiary/aromatic N) is 2. The third kappa shape index (κ3) is 3.98. The fourth-order valence-electron chi connectivity index (χ4n) is 5.25. The first-order valence-corrected chi connectivity index (χ1v) is 10.8. The molecule has 0 unspecified atom stereocenters. The molecule has 4 rings (SSSR count). The van der Waals surface area contributed by atoms with E-state index in [0.717, 1.165) is 38.3 Å². The number of likely N-dealkylation sites (tertiary alicyclic amines) is 2. The Morgan fingerprint density at radius 3 is 2.69 bits per heavy atom. The second-order valence-electron chi connectivity index (χ2n) is 8.92. The average Bonchev–Trinajstić information content (AvgIpc) is 2.69. The summed E-state index contributed by atoms with van der Waals surface area (Å²) in [6, 6.07) is 8.61. The van der Waals surface area contributed by atoms with Gasteiger partial charge in [-0.2, -0.15) is 0 Å². The van der Waals surface area contributed by atoms with Gasteiger partial charge in [-0.05, 0) is 81.0 Å². The molecule has 0 saturated carbocycles. The van der Waals surface area contributed by atoms with E-state index in [1.165, 1.54) is 56.4 Å². The van der Waals surface area contributed by atoms with Crippen molar-refractivity contribution < 1.29 is 4.79 Å². The van der Waals surface area contributed by atoms with E-state index in [4.69, 9.17) is 0 Å². The highest BCUT2D eigenvalue weighted by Gasteiger charge is 2.33. The summed E-state index contributed by atoms with van der Waals surface area (Å²) in [5.41, 5.74) is 2.70. The number of carbonyl (C=O) groups excluding carboxylic acids is 1. The number of piperidine rings is 2. The fourth-order valence-corrected chi connectivity index (χ4v) is 5.25. The second-order valence-corrected chi connectivity index (χ2v) is 8.92. The maximum absolute atomic E-state index is 13.3. The van der Waals surface area contributed by atoms with Crippen LogP contribution in [0.15, 0.2) is 24.3 Å². The Bertz CT molecular complexity index is 620. The van der Waals surface area contributed by atoms with E-state index in [0.29, 0.717) is 11.8 Å². The van der Waals surface area contributed by atoms with E-state index in [2.05, 4.69) is 41.0 Å². The molecule has 2 fully saturated rings. The van der Waals surface area contributed by atoms with Gasteiger partial charge in [-0.3, -0.25) is 4.79 Å². The van der Waals surface area contributed by atoms with Crippen LogP contribution in [0.25, 0.3) is 0 Å². The van der Waals surface area contributed by atoms with Gasteiger partial charge in [0, 0.05) is 19.6 Å². The van der Waals surface area contributed by atoms with Gasteiger partial charge in [-0.1, -0.05) is 31.2 Å². The molecular weight excluding hydrogens is 320 g/mol. The van der Waals surface area contributed by atoms with Crippen LogP contribution in [0, 0.1) is 11.8 Å². The van der Waals surface area contributed by atoms with Gasteiger partial charge < -0.3 is 9.80 Å². The van der Waals surface area contributed by atoms with Crippen molar-refractivity contribution in [3.63, 3.8) is 0 Å². The van der Waals surface area contributed by atoms with Crippen molar-refractivity contribution >= 4 is 5.91 Å². The van der Waals surface area contributed by atoms with Gasteiger partial charge in [-0.25, -0.2) is 0 Å². The summed E-state index contributed by atoms with van der Waals surface area (Å²) < 4.78 is 0.